The van der Waals surface area contributed by atoms with E-state index >= 15 is 0 Å². The van der Waals surface area contributed by atoms with E-state index in [-0.39, 0.29) is 64.3 Å². The van der Waals surface area contributed by atoms with Crippen LogP contribution in [0.4, 0.5) is 16.5 Å². The number of anilines is 2. The second-order valence-electron chi connectivity index (χ2n) is 10.8. The lowest BCUT2D eigenvalue weighted by atomic mass is 9.87. The largest absolute Gasteiger partial charge is 0.493 e. The van der Waals surface area contributed by atoms with Gasteiger partial charge in [0.15, 0.2) is 23.1 Å². The van der Waals surface area contributed by atoms with E-state index in [0.717, 1.165) is 5.56 Å². The van der Waals surface area contributed by atoms with Crippen molar-refractivity contribution in [1.82, 2.24) is 19.9 Å². The summed E-state index contributed by atoms with van der Waals surface area (Å²) >= 11 is 0. The van der Waals surface area contributed by atoms with Crippen LogP contribution in [-0.2, 0) is 20.2 Å². The van der Waals surface area contributed by atoms with Gasteiger partial charge < -0.3 is 23.4 Å². The standard InChI is InChI=1S/C32H32N6O8S/c1-32(2,3)21-12-14-22(15-13-21)47(40,41)38-27-26(46-24-10-6-5-9-23(24)42-4)30(37-29(36-27)28-33-16-8-17-34-28)44-19-20-45-31(39)35-25-11-7-18-43-25/h5-18H,19-20H2,1-4H3,(H,35,39)(H,36,37,38). The number of para-hydroxylation sites is 2. The van der Waals surface area contributed by atoms with Crippen LogP contribution in [0.2, 0.25) is 0 Å². The lowest BCUT2D eigenvalue weighted by molar-refractivity contribution is 0.135. The molecule has 2 N–H and O–H groups in total. The van der Waals surface area contributed by atoms with E-state index in [1.165, 1.54) is 37.9 Å². The first-order valence-corrected chi connectivity index (χ1v) is 15.8. The highest BCUT2D eigenvalue weighted by Gasteiger charge is 2.26. The summed E-state index contributed by atoms with van der Waals surface area (Å²) in [6.07, 6.45) is 3.59. The van der Waals surface area contributed by atoms with Crippen LogP contribution in [0.3, 0.4) is 0 Å². The molecule has 14 nitrogen and oxygen atoms in total. The molecule has 0 aliphatic heterocycles. The Morgan fingerprint density at radius 1 is 0.872 bits per heavy atom. The summed E-state index contributed by atoms with van der Waals surface area (Å²) in [4.78, 5) is 29.4. The quantitative estimate of drug-likeness (QED) is 0.148. The van der Waals surface area contributed by atoms with E-state index in [2.05, 4.69) is 30.0 Å². The lowest BCUT2D eigenvalue weighted by Gasteiger charge is -2.20. The smallest absolute Gasteiger partial charge is 0.414 e. The molecular formula is C32H32N6O8S. The Bertz CT molecular complexity index is 1910. The zero-order valence-corrected chi connectivity index (χ0v) is 26.8. The maximum absolute atomic E-state index is 13.7. The maximum Gasteiger partial charge on any atom is 0.414 e. The van der Waals surface area contributed by atoms with Crippen molar-refractivity contribution < 1.29 is 36.6 Å². The molecule has 15 heteroatoms. The SMILES string of the molecule is COc1ccccc1Oc1c(NS(=O)(=O)c2ccc(C(C)(C)C)cc2)nc(-c2ncccn2)nc1OCCOC(=O)Nc1ccco1. The van der Waals surface area contributed by atoms with Gasteiger partial charge in [-0.3, -0.25) is 10.0 Å². The molecule has 0 unspecified atom stereocenters. The Labute approximate surface area is 271 Å². The summed E-state index contributed by atoms with van der Waals surface area (Å²) in [6.45, 7) is 5.66. The molecule has 244 valence electrons. The van der Waals surface area contributed by atoms with Gasteiger partial charge in [-0.2, -0.15) is 4.98 Å². The van der Waals surface area contributed by atoms with Crippen molar-refractivity contribution in [3.63, 3.8) is 0 Å². The van der Waals surface area contributed by atoms with Gasteiger partial charge in [0.1, 0.15) is 13.2 Å². The van der Waals surface area contributed by atoms with Gasteiger partial charge in [0.25, 0.3) is 15.9 Å². The Hall–Kier alpha value is -5.70. The number of carbonyl (C=O) groups is 1. The third-order valence-electron chi connectivity index (χ3n) is 6.44. The van der Waals surface area contributed by atoms with Gasteiger partial charge in [-0.25, -0.2) is 28.2 Å². The number of hydrogen-bond donors (Lipinski definition) is 2. The predicted octanol–water partition coefficient (Wildman–Crippen LogP) is 6.05. The van der Waals surface area contributed by atoms with E-state index < -0.39 is 16.1 Å². The van der Waals surface area contributed by atoms with Crippen LogP contribution in [-0.4, -0.2) is 54.8 Å². The van der Waals surface area contributed by atoms with E-state index in [1.54, 1.807) is 54.6 Å². The number of benzene rings is 2. The molecular weight excluding hydrogens is 628 g/mol. The molecule has 0 radical (unpaired) electrons. The summed E-state index contributed by atoms with van der Waals surface area (Å²) < 4.78 is 57.7. The summed E-state index contributed by atoms with van der Waals surface area (Å²) in [6, 6.07) is 18.0. The normalized spacial score (nSPS) is 11.4. The van der Waals surface area contributed by atoms with E-state index in [1.807, 2.05) is 20.8 Å². The van der Waals surface area contributed by atoms with Gasteiger partial charge >= 0.3 is 6.09 Å². The first-order chi connectivity index (χ1) is 22.5. The number of rotatable bonds is 12. The molecule has 2 aromatic carbocycles. The highest BCUT2D eigenvalue weighted by Crippen LogP contribution is 2.41. The van der Waals surface area contributed by atoms with Gasteiger partial charge in [-0.1, -0.05) is 45.0 Å². The molecule has 1 amide bonds. The third-order valence-corrected chi connectivity index (χ3v) is 7.80. The average Bonchev–Trinajstić information content (AvgIpc) is 3.57. The molecule has 3 aromatic heterocycles. The van der Waals surface area contributed by atoms with Gasteiger partial charge in [0.2, 0.25) is 17.5 Å². The summed E-state index contributed by atoms with van der Waals surface area (Å²) in [7, 11) is -2.76. The molecule has 0 aliphatic rings. The predicted molar refractivity (Wildman–Crippen MR) is 171 cm³/mol. The molecule has 5 rings (SSSR count). The fraction of sp³-hybridized carbons (Fsp3) is 0.219. The summed E-state index contributed by atoms with van der Waals surface area (Å²) in [5.41, 5.74) is 0.774. The van der Waals surface area contributed by atoms with E-state index in [9.17, 15) is 13.2 Å². The van der Waals surface area contributed by atoms with Crippen LogP contribution in [0, 0.1) is 0 Å². The van der Waals surface area contributed by atoms with E-state index in [4.69, 9.17) is 23.4 Å². The number of nitrogens with zero attached hydrogens (tertiary/aromatic N) is 4. The van der Waals surface area contributed by atoms with Crippen molar-refractivity contribution in [1.29, 1.82) is 0 Å². The molecule has 5 aromatic rings. The number of ether oxygens (including phenoxy) is 4. The third kappa shape index (κ3) is 8.32. The van der Waals surface area contributed by atoms with Crippen LogP contribution in [0.5, 0.6) is 23.1 Å². The number of sulfonamides is 1. The fourth-order valence-corrected chi connectivity index (χ4v) is 5.10. The second-order valence-corrected chi connectivity index (χ2v) is 12.5. The fourth-order valence-electron chi connectivity index (χ4n) is 4.10. The minimum absolute atomic E-state index is 0.0108. The topological polar surface area (TPSA) is 177 Å². The first-order valence-electron chi connectivity index (χ1n) is 14.3. The number of carbonyl (C=O) groups excluding carboxylic acids is 1. The minimum Gasteiger partial charge on any atom is -0.493 e. The summed E-state index contributed by atoms with van der Waals surface area (Å²) in [5, 5.41) is 2.43. The summed E-state index contributed by atoms with van der Waals surface area (Å²) in [5.74, 6) is 0.148. The first kappa shape index (κ1) is 32.7. The molecule has 0 atom stereocenters. The van der Waals surface area contributed by atoms with Crippen LogP contribution < -0.4 is 24.2 Å². The minimum atomic E-state index is -4.22. The highest BCUT2D eigenvalue weighted by molar-refractivity contribution is 7.92. The van der Waals surface area contributed by atoms with Gasteiger partial charge in [-0.05, 0) is 47.4 Å². The zero-order chi connectivity index (χ0) is 33.4. The Balaban J connectivity index is 1.52. The van der Waals surface area contributed by atoms with Crippen LogP contribution in [0.15, 0.2) is 94.7 Å². The van der Waals surface area contributed by atoms with Crippen LogP contribution >= 0.6 is 0 Å². The molecule has 0 saturated heterocycles. The van der Waals surface area contributed by atoms with Crippen LogP contribution in [0.1, 0.15) is 26.3 Å². The van der Waals surface area contributed by atoms with Gasteiger partial charge in [-0.15, -0.1) is 0 Å². The van der Waals surface area contributed by atoms with Gasteiger partial charge in [0, 0.05) is 18.5 Å². The van der Waals surface area contributed by atoms with Crippen molar-refractivity contribution in [2.75, 3.05) is 30.4 Å². The van der Waals surface area contributed by atoms with Crippen molar-refractivity contribution in [3.8, 4) is 34.8 Å². The molecule has 0 fully saturated rings. The molecule has 3 heterocycles. The highest BCUT2D eigenvalue weighted by atomic mass is 32.2. The van der Waals surface area contributed by atoms with Gasteiger partial charge in [0.05, 0.1) is 18.3 Å². The number of hydrogen-bond acceptors (Lipinski definition) is 12. The molecule has 0 spiro atoms. The number of aromatic nitrogens is 4. The molecule has 0 aliphatic carbocycles. The average molecular weight is 661 g/mol. The number of methoxy groups -OCH3 is 1. The van der Waals surface area contributed by atoms with Crippen LogP contribution in [0.25, 0.3) is 11.6 Å². The second kappa shape index (κ2) is 14.2. The lowest BCUT2D eigenvalue weighted by Crippen LogP contribution is -2.19. The van der Waals surface area contributed by atoms with E-state index in [0.29, 0.717) is 5.75 Å². The van der Waals surface area contributed by atoms with Crippen molar-refractivity contribution in [2.45, 2.75) is 31.1 Å². The monoisotopic (exact) mass is 660 g/mol. The molecule has 47 heavy (non-hydrogen) atoms. The Morgan fingerprint density at radius 3 is 2.26 bits per heavy atom. The number of furan rings is 1. The van der Waals surface area contributed by atoms with Crippen molar-refractivity contribution in [3.05, 3.63) is 91.0 Å². The zero-order valence-electron chi connectivity index (χ0n) is 26.0. The van der Waals surface area contributed by atoms with Crippen molar-refractivity contribution >= 4 is 27.8 Å². The van der Waals surface area contributed by atoms with Crippen molar-refractivity contribution in [2.24, 2.45) is 0 Å². The maximum atomic E-state index is 13.7. The number of amides is 1. The molecule has 0 saturated carbocycles. The number of nitrogens with one attached hydrogen (secondary N) is 2. The Morgan fingerprint density at radius 2 is 1.60 bits per heavy atom. The molecule has 0 bridgehead atoms. The Kier molecular flexibility index (Phi) is 9.85.